The molecule has 11 heteroatoms. The predicted molar refractivity (Wildman–Crippen MR) is 143 cm³/mol. The summed E-state index contributed by atoms with van der Waals surface area (Å²) in [6.45, 7) is 2.37. The number of halogens is 5. The van der Waals surface area contributed by atoms with E-state index in [1.807, 2.05) is 6.92 Å². The highest BCUT2D eigenvalue weighted by Crippen LogP contribution is 2.49. The summed E-state index contributed by atoms with van der Waals surface area (Å²) in [5.41, 5.74) is 0.982. The van der Waals surface area contributed by atoms with Crippen molar-refractivity contribution in [1.29, 1.82) is 0 Å². The van der Waals surface area contributed by atoms with Gasteiger partial charge in [0.1, 0.15) is 11.8 Å². The Morgan fingerprint density at radius 3 is 1.78 bits per heavy atom. The van der Waals surface area contributed by atoms with Crippen molar-refractivity contribution >= 4 is 85.7 Å². The second-order valence-corrected chi connectivity index (χ2v) is 10.5. The van der Waals surface area contributed by atoms with Gasteiger partial charge in [-0.05, 0) is 48.9 Å². The quantitative estimate of drug-likeness (QED) is 0.130. The minimum atomic E-state index is -1.14. The lowest BCUT2D eigenvalue weighted by Crippen LogP contribution is -2.67. The summed E-state index contributed by atoms with van der Waals surface area (Å²) < 4.78 is 6.37. The molecule has 5 rings (SSSR count). The van der Waals surface area contributed by atoms with Crippen LogP contribution in [0, 0.1) is 0 Å². The Morgan fingerprint density at radius 2 is 1.28 bits per heavy atom. The van der Waals surface area contributed by atoms with E-state index in [4.69, 9.17) is 51.1 Å². The molecule has 184 valence electrons. The molecule has 6 nitrogen and oxygen atoms in total. The molecule has 0 aromatic heterocycles. The molecule has 0 aliphatic carbocycles. The Labute approximate surface area is 234 Å². The number of anilines is 1. The third-order valence-electron chi connectivity index (χ3n) is 6.12. The highest BCUT2D eigenvalue weighted by Gasteiger charge is 2.58. The fourth-order valence-electron chi connectivity index (χ4n) is 4.49. The highest BCUT2D eigenvalue weighted by molar-refractivity contribution is 9.10. The first-order valence-corrected chi connectivity index (χ1v) is 13.0. The average Bonchev–Trinajstić information content (AvgIpc) is 3.12. The number of benzene rings is 3. The van der Waals surface area contributed by atoms with Crippen molar-refractivity contribution < 1.29 is 19.1 Å². The zero-order valence-corrected chi connectivity index (χ0v) is 23.0. The zero-order chi connectivity index (χ0) is 25.9. The number of carbonyl (C=O) groups is 3. The largest absolute Gasteiger partial charge is 0.494 e. The number of fused-ring (bicyclic) bond motifs is 1. The van der Waals surface area contributed by atoms with E-state index in [2.05, 4.69) is 15.9 Å². The standard InChI is InChI=1S/C25H15BrCl4N2O4/c1-2-36-14-9-3-11(4-10-14)21-22(25(35)31(21)13-7-5-12(26)6-8-13)32-23(33)15-16(24(32)34)18(28)20(30)19(29)17(15)27/h3-10,21-22H,2H2,1H3/t21-,22+/m0/s1. The molecule has 1 saturated heterocycles. The summed E-state index contributed by atoms with van der Waals surface area (Å²) in [6, 6.07) is 12.5. The van der Waals surface area contributed by atoms with Gasteiger partial charge in [-0.2, -0.15) is 0 Å². The smallest absolute Gasteiger partial charge is 0.264 e. The van der Waals surface area contributed by atoms with Gasteiger partial charge in [-0.25, -0.2) is 0 Å². The van der Waals surface area contributed by atoms with E-state index in [1.54, 1.807) is 53.4 Å². The number of rotatable bonds is 5. The number of hydrogen-bond acceptors (Lipinski definition) is 4. The molecule has 2 aliphatic heterocycles. The predicted octanol–water partition coefficient (Wildman–Crippen LogP) is 7.21. The lowest BCUT2D eigenvalue weighted by molar-refractivity contribution is -0.130. The van der Waals surface area contributed by atoms with Crippen molar-refractivity contribution in [3.05, 3.63) is 89.8 Å². The van der Waals surface area contributed by atoms with Crippen LogP contribution in [0.25, 0.3) is 0 Å². The number of β-lactam (4-membered cyclic amide) rings is 1. The van der Waals surface area contributed by atoms with Crippen LogP contribution in [0.5, 0.6) is 5.75 Å². The van der Waals surface area contributed by atoms with Gasteiger partial charge in [0.25, 0.3) is 17.7 Å². The fraction of sp³-hybridized carbons (Fsp3) is 0.160. The van der Waals surface area contributed by atoms with E-state index in [0.29, 0.717) is 23.6 Å². The van der Waals surface area contributed by atoms with E-state index in [-0.39, 0.29) is 31.2 Å². The Kier molecular flexibility index (Phi) is 6.72. The number of ether oxygens (including phenoxy) is 1. The molecular formula is C25H15BrCl4N2O4. The Balaban J connectivity index is 1.60. The van der Waals surface area contributed by atoms with Gasteiger partial charge in [0.05, 0.1) is 43.9 Å². The van der Waals surface area contributed by atoms with Gasteiger partial charge < -0.3 is 9.64 Å². The Bertz CT molecular complexity index is 1380. The molecule has 3 aromatic rings. The molecule has 3 aromatic carbocycles. The van der Waals surface area contributed by atoms with Crippen molar-refractivity contribution in [2.24, 2.45) is 0 Å². The molecule has 0 N–H and O–H groups in total. The Morgan fingerprint density at radius 1 is 0.750 bits per heavy atom. The number of amides is 3. The summed E-state index contributed by atoms with van der Waals surface area (Å²) in [7, 11) is 0. The van der Waals surface area contributed by atoms with Gasteiger partial charge in [-0.1, -0.05) is 74.5 Å². The summed E-state index contributed by atoms with van der Waals surface area (Å²) >= 11 is 28.3. The first kappa shape index (κ1) is 25.4. The monoisotopic (exact) mass is 626 g/mol. The van der Waals surface area contributed by atoms with Crippen LogP contribution in [0.3, 0.4) is 0 Å². The Hall–Kier alpha value is -2.29. The molecule has 0 bridgehead atoms. The lowest BCUT2D eigenvalue weighted by Gasteiger charge is -2.49. The second kappa shape index (κ2) is 9.54. The molecule has 0 spiro atoms. The van der Waals surface area contributed by atoms with Crippen molar-refractivity contribution in [3.63, 3.8) is 0 Å². The maximum atomic E-state index is 13.6. The van der Waals surface area contributed by atoms with Crippen molar-refractivity contribution in [3.8, 4) is 5.75 Å². The lowest BCUT2D eigenvalue weighted by atomic mass is 9.86. The fourth-order valence-corrected chi connectivity index (χ4v) is 5.77. The van der Waals surface area contributed by atoms with Gasteiger partial charge in [0, 0.05) is 10.2 Å². The van der Waals surface area contributed by atoms with Crippen LogP contribution in [0.4, 0.5) is 5.69 Å². The SMILES string of the molecule is CCOc1ccc([C@H]2[C@@H](N3C(=O)c4c(Cl)c(Cl)c(Cl)c(Cl)c4C3=O)C(=O)N2c2ccc(Br)cc2)cc1. The minimum Gasteiger partial charge on any atom is -0.494 e. The van der Waals surface area contributed by atoms with Crippen LogP contribution < -0.4 is 9.64 Å². The summed E-state index contributed by atoms with van der Waals surface area (Å²) in [6.07, 6.45) is 0. The average molecular weight is 629 g/mol. The topological polar surface area (TPSA) is 66.9 Å². The maximum absolute atomic E-state index is 13.6. The van der Waals surface area contributed by atoms with Crippen LogP contribution in [0.1, 0.15) is 39.2 Å². The van der Waals surface area contributed by atoms with Crippen molar-refractivity contribution in [2.45, 2.75) is 19.0 Å². The third-order valence-corrected chi connectivity index (χ3v) is 8.45. The molecule has 2 atom stereocenters. The molecular weight excluding hydrogens is 614 g/mol. The van der Waals surface area contributed by atoms with Crippen LogP contribution in [0.2, 0.25) is 20.1 Å². The number of imide groups is 1. The van der Waals surface area contributed by atoms with Gasteiger partial charge in [-0.3, -0.25) is 19.3 Å². The second-order valence-electron chi connectivity index (χ2n) is 8.06. The zero-order valence-electron chi connectivity index (χ0n) is 18.4. The van der Waals surface area contributed by atoms with Crippen LogP contribution >= 0.6 is 62.3 Å². The highest BCUT2D eigenvalue weighted by atomic mass is 79.9. The van der Waals surface area contributed by atoms with Crippen LogP contribution in [-0.2, 0) is 4.79 Å². The van der Waals surface area contributed by atoms with Crippen molar-refractivity contribution in [2.75, 3.05) is 11.5 Å². The molecule has 2 heterocycles. The first-order valence-electron chi connectivity index (χ1n) is 10.7. The van der Waals surface area contributed by atoms with E-state index in [1.165, 1.54) is 0 Å². The number of nitrogens with zero attached hydrogens (tertiary/aromatic N) is 2. The van der Waals surface area contributed by atoms with Crippen molar-refractivity contribution in [1.82, 2.24) is 4.90 Å². The van der Waals surface area contributed by atoms with Crippen LogP contribution in [-0.4, -0.2) is 35.3 Å². The maximum Gasteiger partial charge on any atom is 0.264 e. The summed E-state index contributed by atoms with van der Waals surface area (Å²) in [5, 5.41) is -0.638. The van der Waals surface area contributed by atoms with E-state index in [0.717, 1.165) is 9.37 Å². The van der Waals surface area contributed by atoms with Gasteiger partial charge in [0.2, 0.25) is 0 Å². The normalized spacial score (nSPS) is 19.0. The summed E-state index contributed by atoms with van der Waals surface area (Å²) in [4.78, 5) is 43.0. The molecule has 0 saturated carbocycles. The first-order chi connectivity index (χ1) is 17.2. The number of hydrogen-bond donors (Lipinski definition) is 0. The van der Waals surface area contributed by atoms with Gasteiger partial charge >= 0.3 is 0 Å². The van der Waals surface area contributed by atoms with E-state index < -0.39 is 29.8 Å². The third kappa shape index (κ3) is 3.80. The number of carbonyl (C=O) groups excluding carboxylic acids is 3. The molecule has 1 fully saturated rings. The molecule has 36 heavy (non-hydrogen) atoms. The van der Waals surface area contributed by atoms with Crippen LogP contribution in [0.15, 0.2) is 53.0 Å². The van der Waals surface area contributed by atoms with Gasteiger partial charge in [-0.15, -0.1) is 0 Å². The molecule has 0 radical (unpaired) electrons. The van der Waals surface area contributed by atoms with E-state index >= 15 is 0 Å². The summed E-state index contributed by atoms with van der Waals surface area (Å²) in [5.74, 6) is -1.30. The van der Waals surface area contributed by atoms with Gasteiger partial charge in [0.15, 0.2) is 0 Å². The molecule has 2 aliphatic rings. The molecule has 0 unspecified atom stereocenters. The minimum absolute atomic E-state index is 0.135. The van der Waals surface area contributed by atoms with E-state index in [9.17, 15) is 14.4 Å². The molecule has 3 amide bonds.